The second-order valence-corrected chi connectivity index (χ2v) is 6.98. The summed E-state index contributed by atoms with van der Waals surface area (Å²) in [5.41, 5.74) is 2.07. The third kappa shape index (κ3) is 3.79. The summed E-state index contributed by atoms with van der Waals surface area (Å²) in [7, 11) is 0. The molecule has 2 aromatic heterocycles. The third-order valence-corrected chi connectivity index (χ3v) is 4.21. The van der Waals surface area contributed by atoms with Crippen molar-refractivity contribution in [3.05, 3.63) is 40.9 Å². The zero-order valence-electron chi connectivity index (χ0n) is 13.5. The van der Waals surface area contributed by atoms with Crippen molar-refractivity contribution in [1.82, 2.24) is 24.6 Å². The maximum atomic E-state index is 4.50. The van der Waals surface area contributed by atoms with Crippen LogP contribution in [0.2, 0.25) is 0 Å². The highest BCUT2D eigenvalue weighted by molar-refractivity contribution is 9.11. The Morgan fingerprint density at radius 2 is 1.83 bits per heavy atom. The van der Waals surface area contributed by atoms with Gasteiger partial charge < -0.3 is 4.90 Å². The van der Waals surface area contributed by atoms with Crippen molar-refractivity contribution in [2.45, 2.75) is 13.8 Å². The molecule has 1 aliphatic heterocycles. The molecule has 0 aromatic carbocycles. The number of hydrogen-bond acceptors (Lipinski definition) is 5. The van der Waals surface area contributed by atoms with Gasteiger partial charge in [-0.1, -0.05) is 22.5 Å². The molecule has 0 atom stereocenters. The van der Waals surface area contributed by atoms with Gasteiger partial charge in [0.1, 0.15) is 12.1 Å². The third-order valence-electron chi connectivity index (χ3n) is 3.96. The van der Waals surface area contributed by atoms with Crippen molar-refractivity contribution in [2.24, 2.45) is 0 Å². The van der Waals surface area contributed by atoms with Crippen molar-refractivity contribution < 1.29 is 0 Å². The monoisotopic (exact) mass is 376 g/mol. The van der Waals surface area contributed by atoms with Crippen LogP contribution in [0.1, 0.15) is 11.4 Å². The van der Waals surface area contributed by atoms with Crippen LogP contribution in [0.25, 0.3) is 5.82 Å². The first-order valence-corrected chi connectivity index (χ1v) is 8.48. The molecular weight excluding hydrogens is 356 g/mol. The summed E-state index contributed by atoms with van der Waals surface area (Å²) >= 11 is 3.43. The molecule has 0 radical (unpaired) electrons. The van der Waals surface area contributed by atoms with Crippen molar-refractivity contribution in [3.8, 4) is 5.82 Å². The van der Waals surface area contributed by atoms with E-state index in [-0.39, 0.29) is 0 Å². The Morgan fingerprint density at radius 1 is 1.13 bits per heavy atom. The number of halogens is 1. The molecule has 0 aliphatic carbocycles. The Morgan fingerprint density at radius 3 is 2.43 bits per heavy atom. The van der Waals surface area contributed by atoms with E-state index in [9.17, 15) is 0 Å². The average Bonchev–Trinajstić information content (AvgIpc) is 2.86. The van der Waals surface area contributed by atoms with Gasteiger partial charge in [0.05, 0.1) is 5.69 Å². The van der Waals surface area contributed by atoms with Crippen LogP contribution in [0, 0.1) is 13.8 Å². The van der Waals surface area contributed by atoms with Crippen LogP contribution in [-0.2, 0) is 0 Å². The maximum absolute atomic E-state index is 4.50. The van der Waals surface area contributed by atoms with Gasteiger partial charge in [-0.2, -0.15) is 5.10 Å². The zero-order valence-corrected chi connectivity index (χ0v) is 15.1. The van der Waals surface area contributed by atoms with E-state index >= 15 is 0 Å². The van der Waals surface area contributed by atoms with Gasteiger partial charge in [-0.25, -0.2) is 14.6 Å². The Bertz CT molecular complexity index is 702. The minimum atomic E-state index is 0.817. The summed E-state index contributed by atoms with van der Waals surface area (Å²) in [5.74, 6) is 1.77. The highest BCUT2D eigenvalue weighted by atomic mass is 79.9. The second kappa shape index (κ2) is 6.80. The Labute approximate surface area is 145 Å². The van der Waals surface area contributed by atoms with Crippen molar-refractivity contribution >= 4 is 21.7 Å². The topological polar surface area (TPSA) is 50.1 Å². The lowest BCUT2D eigenvalue weighted by atomic mass is 10.3. The molecule has 0 N–H and O–H groups in total. The van der Waals surface area contributed by atoms with Crippen LogP contribution in [-0.4, -0.2) is 57.4 Å². The summed E-state index contributed by atoms with van der Waals surface area (Å²) in [6, 6.07) is 4.06. The highest BCUT2D eigenvalue weighted by Crippen LogP contribution is 2.18. The molecule has 23 heavy (non-hydrogen) atoms. The number of piperazine rings is 1. The van der Waals surface area contributed by atoms with Crippen LogP contribution in [0.4, 0.5) is 5.82 Å². The molecule has 0 bridgehead atoms. The molecule has 1 fully saturated rings. The van der Waals surface area contributed by atoms with E-state index in [1.54, 1.807) is 6.33 Å². The quantitative estimate of drug-likeness (QED) is 0.819. The van der Waals surface area contributed by atoms with Crippen LogP contribution in [0.3, 0.4) is 0 Å². The van der Waals surface area contributed by atoms with E-state index in [2.05, 4.69) is 47.4 Å². The number of nitrogens with zero attached hydrogens (tertiary/aromatic N) is 6. The van der Waals surface area contributed by atoms with Gasteiger partial charge >= 0.3 is 0 Å². The molecular formula is C16H21BrN6. The molecule has 3 heterocycles. The molecule has 0 saturated carbocycles. The zero-order chi connectivity index (χ0) is 16.4. The summed E-state index contributed by atoms with van der Waals surface area (Å²) in [6.45, 7) is 12.7. The molecule has 1 aliphatic rings. The SMILES string of the molecule is C=C(Br)CN1CCN(c2cc(-n3nc(C)cc3C)ncn2)CC1. The summed E-state index contributed by atoms with van der Waals surface area (Å²) in [4.78, 5) is 13.5. The summed E-state index contributed by atoms with van der Waals surface area (Å²) in [6.07, 6.45) is 1.62. The number of hydrogen-bond donors (Lipinski definition) is 0. The van der Waals surface area contributed by atoms with Crippen molar-refractivity contribution in [3.63, 3.8) is 0 Å². The number of rotatable bonds is 4. The number of aromatic nitrogens is 4. The molecule has 1 saturated heterocycles. The number of anilines is 1. The predicted molar refractivity (Wildman–Crippen MR) is 95.3 cm³/mol. The molecule has 7 heteroatoms. The molecule has 122 valence electrons. The van der Waals surface area contributed by atoms with Crippen LogP contribution < -0.4 is 4.90 Å². The minimum absolute atomic E-state index is 0.817. The molecule has 0 unspecified atom stereocenters. The lowest BCUT2D eigenvalue weighted by Crippen LogP contribution is -2.47. The normalized spacial score (nSPS) is 15.9. The summed E-state index contributed by atoms with van der Waals surface area (Å²) in [5, 5.41) is 4.50. The Hall–Kier alpha value is -1.73. The minimum Gasteiger partial charge on any atom is -0.354 e. The standard InChI is InChI=1S/C16H21BrN6/c1-12(17)10-21-4-6-22(7-5-21)15-9-16(19-11-18-15)23-14(3)8-13(2)20-23/h8-9,11H,1,4-7,10H2,2-3H3. The van der Waals surface area contributed by atoms with Gasteiger partial charge in [-0.05, 0) is 19.9 Å². The summed E-state index contributed by atoms with van der Waals surface area (Å²) < 4.78 is 2.89. The van der Waals surface area contributed by atoms with Crippen molar-refractivity contribution in [1.29, 1.82) is 0 Å². The second-order valence-electron chi connectivity index (χ2n) is 5.85. The first kappa shape index (κ1) is 16.1. The van der Waals surface area contributed by atoms with Gasteiger partial charge in [0.25, 0.3) is 0 Å². The van der Waals surface area contributed by atoms with Crippen LogP contribution in [0.5, 0.6) is 0 Å². The van der Waals surface area contributed by atoms with E-state index in [4.69, 9.17) is 0 Å². The highest BCUT2D eigenvalue weighted by Gasteiger charge is 2.19. The average molecular weight is 377 g/mol. The molecule has 3 rings (SSSR count). The molecule has 0 spiro atoms. The van der Waals surface area contributed by atoms with Crippen LogP contribution >= 0.6 is 15.9 Å². The van der Waals surface area contributed by atoms with E-state index in [0.29, 0.717) is 0 Å². The van der Waals surface area contributed by atoms with Gasteiger partial charge in [0, 0.05) is 49.0 Å². The lowest BCUT2D eigenvalue weighted by molar-refractivity contribution is 0.282. The Kier molecular flexibility index (Phi) is 4.77. The predicted octanol–water partition coefficient (Wildman–Crippen LogP) is 2.31. The fourth-order valence-electron chi connectivity index (χ4n) is 2.86. The molecule has 2 aromatic rings. The maximum Gasteiger partial charge on any atom is 0.159 e. The lowest BCUT2D eigenvalue weighted by Gasteiger charge is -2.35. The smallest absolute Gasteiger partial charge is 0.159 e. The van der Waals surface area contributed by atoms with Crippen LogP contribution in [0.15, 0.2) is 29.5 Å². The Balaban J connectivity index is 1.74. The van der Waals surface area contributed by atoms with E-state index in [0.717, 1.165) is 60.2 Å². The van der Waals surface area contributed by atoms with Gasteiger partial charge in [-0.15, -0.1) is 0 Å². The fraction of sp³-hybridized carbons (Fsp3) is 0.438. The first-order valence-electron chi connectivity index (χ1n) is 7.69. The van der Waals surface area contributed by atoms with Crippen molar-refractivity contribution in [2.75, 3.05) is 37.6 Å². The van der Waals surface area contributed by atoms with Gasteiger partial charge in [0.15, 0.2) is 5.82 Å². The first-order chi connectivity index (χ1) is 11.0. The fourth-order valence-corrected chi connectivity index (χ4v) is 3.22. The van der Waals surface area contributed by atoms with Gasteiger partial charge in [-0.3, -0.25) is 4.90 Å². The van der Waals surface area contributed by atoms with E-state index < -0.39 is 0 Å². The number of aryl methyl sites for hydroxylation is 2. The van der Waals surface area contributed by atoms with Gasteiger partial charge in [0.2, 0.25) is 0 Å². The van der Waals surface area contributed by atoms with E-state index in [1.807, 2.05) is 30.7 Å². The largest absolute Gasteiger partial charge is 0.354 e. The van der Waals surface area contributed by atoms with E-state index in [1.165, 1.54) is 0 Å². The molecule has 6 nitrogen and oxygen atoms in total. The molecule has 0 amide bonds.